The zero-order valence-electron chi connectivity index (χ0n) is 12.3. The zero-order valence-corrected chi connectivity index (χ0v) is 13.1. The summed E-state index contributed by atoms with van der Waals surface area (Å²) in [5.41, 5.74) is 4.93. The Morgan fingerprint density at radius 3 is 2.60 bits per heavy atom. The van der Waals surface area contributed by atoms with Crippen molar-refractivity contribution in [3.8, 4) is 5.75 Å². The summed E-state index contributed by atoms with van der Waals surface area (Å²) in [6.45, 7) is 6.89. The summed E-state index contributed by atoms with van der Waals surface area (Å²) in [4.78, 5) is 0. The number of para-hydroxylation sites is 1. The van der Waals surface area contributed by atoms with Crippen molar-refractivity contribution >= 4 is 11.6 Å². The van der Waals surface area contributed by atoms with E-state index in [1.165, 1.54) is 16.7 Å². The van der Waals surface area contributed by atoms with Crippen LogP contribution in [0, 0.1) is 13.8 Å². The molecular weight excluding hydrogens is 268 g/mol. The fourth-order valence-corrected chi connectivity index (χ4v) is 2.70. The fraction of sp³-hybridized carbons (Fsp3) is 0.333. The maximum Gasteiger partial charge on any atom is 0.123 e. The van der Waals surface area contributed by atoms with Crippen molar-refractivity contribution < 1.29 is 4.74 Å². The molecule has 0 saturated heterocycles. The first-order chi connectivity index (χ1) is 9.61. The summed E-state index contributed by atoms with van der Waals surface area (Å²) in [6, 6.07) is 14.5. The van der Waals surface area contributed by atoms with Gasteiger partial charge in [0.2, 0.25) is 0 Å². The van der Waals surface area contributed by atoms with Crippen molar-refractivity contribution in [3.63, 3.8) is 0 Å². The average Bonchev–Trinajstić information content (AvgIpc) is 2.44. The van der Waals surface area contributed by atoms with E-state index in [0.717, 1.165) is 17.7 Å². The fourth-order valence-electron chi connectivity index (χ4n) is 2.35. The average molecular weight is 289 g/mol. The molecule has 0 aliphatic carbocycles. The van der Waals surface area contributed by atoms with Crippen LogP contribution in [-0.2, 0) is 6.42 Å². The topological polar surface area (TPSA) is 9.23 Å². The summed E-state index contributed by atoms with van der Waals surface area (Å²) >= 11 is 6.63. The molecule has 0 spiro atoms. The van der Waals surface area contributed by atoms with E-state index in [-0.39, 0.29) is 5.38 Å². The van der Waals surface area contributed by atoms with Gasteiger partial charge in [0.1, 0.15) is 5.75 Å². The molecule has 20 heavy (non-hydrogen) atoms. The molecule has 2 rings (SSSR count). The molecule has 0 radical (unpaired) electrons. The van der Waals surface area contributed by atoms with Crippen LogP contribution in [-0.4, -0.2) is 6.61 Å². The van der Waals surface area contributed by atoms with E-state index in [4.69, 9.17) is 16.3 Å². The summed E-state index contributed by atoms with van der Waals surface area (Å²) < 4.78 is 5.67. The predicted molar refractivity (Wildman–Crippen MR) is 85.8 cm³/mol. The highest BCUT2D eigenvalue weighted by Crippen LogP contribution is 2.33. The van der Waals surface area contributed by atoms with Gasteiger partial charge in [-0.3, -0.25) is 0 Å². The van der Waals surface area contributed by atoms with Crippen molar-refractivity contribution in [2.45, 2.75) is 32.6 Å². The molecule has 0 aliphatic heterocycles. The first-order valence-corrected chi connectivity index (χ1v) is 7.47. The lowest BCUT2D eigenvalue weighted by molar-refractivity contribution is 0.336. The third kappa shape index (κ3) is 3.55. The van der Waals surface area contributed by atoms with E-state index in [0.29, 0.717) is 6.61 Å². The molecule has 0 N–H and O–H groups in total. The quantitative estimate of drug-likeness (QED) is 0.685. The van der Waals surface area contributed by atoms with Crippen LogP contribution in [0.2, 0.25) is 0 Å². The van der Waals surface area contributed by atoms with Gasteiger partial charge in [-0.1, -0.05) is 42.0 Å². The second-order valence-electron chi connectivity index (χ2n) is 5.07. The highest BCUT2D eigenvalue weighted by molar-refractivity contribution is 6.21. The molecule has 1 unspecified atom stereocenters. The smallest absolute Gasteiger partial charge is 0.123 e. The van der Waals surface area contributed by atoms with E-state index in [2.05, 4.69) is 32.0 Å². The van der Waals surface area contributed by atoms with Gasteiger partial charge in [-0.2, -0.15) is 0 Å². The Morgan fingerprint density at radius 2 is 1.85 bits per heavy atom. The van der Waals surface area contributed by atoms with Crippen LogP contribution in [0.4, 0.5) is 0 Å². The van der Waals surface area contributed by atoms with Gasteiger partial charge in [-0.15, -0.1) is 11.6 Å². The van der Waals surface area contributed by atoms with E-state index >= 15 is 0 Å². The van der Waals surface area contributed by atoms with Crippen LogP contribution in [0.25, 0.3) is 0 Å². The van der Waals surface area contributed by atoms with Crippen LogP contribution in [0.3, 0.4) is 0 Å². The summed E-state index contributed by atoms with van der Waals surface area (Å²) in [7, 11) is 0. The maximum atomic E-state index is 6.63. The molecule has 2 heteroatoms. The van der Waals surface area contributed by atoms with Crippen molar-refractivity contribution in [1.29, 1.82) is 0 Å². The summed E-state index contributed by atoms with van der Waals surface area (Å²) in [5, 5.41) is -0.0711. The van der Waals surface area contributed by atoms with Crippen LogP contribution < -0.4 is 4.74 Å². The van der Waals surface area contributed by atoms with Gasteiger partial charge >= 0.3 is 0 Å². The Hall–Kier alpha value is -1.47. The number of benzene rings is 2. The first-order valence-electron chi connectivity index (χ1n) is 7.03. The van der Waals surface area contributed by atoms with E-state index in [1.54, 1.807) is 0 Å². The Balaban J connectivity index is 2.23. The lowest BCUT2D eigenvalue weighted by Gasteiger charge is -2.16. The second kappa shape index (κ2) is 6.81. The molecule has 0 fully saturated rings. The van der Waals surface area contributed by atoms with Gasteiger partial charge in [0.25, 0.3) is 0 Å². The first kappa shape index (κ1) is 14.9. The number of ether oxygens (including phenoxy) is 1. The third-order valence-electron chi connectivity index (χ3n) is 3.46. The van der Waals surface area contributed by atoms with Crippen LogP contribution in [0.15, 0.2) is 42.5 Å². The number of hydrogen-bond acceptors (Lipinski definition) is 1. The van der Waals surface area contributed by atoms with Crippen LogP contribution in [0.5, 0.6) is 5.75 Å². The third-order valence-corrected chi connectivity index (χ3v) is 3.85. The van der Waals surface area contributed by atoms with Gasteiger partial charge in [0.15, 0.2) is 0 Å². The lowest BCUT2D eigenvalue weighted by atomic mass is 9.98. The predicted octanol–water partition coefficient (Wildman–Crippen LogP) is 5.22. The molecule has 0 heterocycles. The van der Waals surface area contributed by atoms with Crippen molar-refractivity contribution in [2.75, 3.05) is 6.61 Å². The van der Waals surface area contributed by atoms with Gasteiger partial charge in [0.05, 0.1) is 12.0 Å². The van der Waals surface area contributed by atoms with Crippen molar-refractivity contribution in [1.82, 2.24) is 0 Å². The molecule has 2 aromatic carbocycles. The zero-order chi connectivity index (χ0) is 14.5. The molecule has 106 valence electrons. The molecule has 0 amide bonds. The molecule has 0 aliphatic rings. The largest absolute Gasteiger partial charge is 0.494 e. The minimum absolute atomic E-state index is 0.0711. The number of halogens is 1. The molecule has 1 nitrogen and oxygen atoms in total. The minimum atomic E-state index is -0.0711. The van der Waals surface area contributed by atoms with Gasteiger partial charge < -0.3 is 4.74 Å². The molecule has 1 atom stereocenters. The van der Waals surface area contributed by atoms with E-state index < -0.39 is 0 Å². The number of rotatable bonds is 5. The van der Waals surface area contributed by atoms with Crippen LogP contribution in [0.1, 0.15) is 34.6 Å². The minimum Gasteiger partial charge on any atom is -0.494 e. The molecule has 0 saturated carbocycles. The highest BCUT2D eigenvalue weighted by Gasteiger charge is 2.15. The number of aryl methyl sites for hydroxylation is 2. The molecule has 0 aromatic heterocycles. The molecular formula is C18H21ClO. The molecule has 2 aromatic rings. The maximum absolute atomic E-state index is 6.63. The summed E-state index contributed by atoms with van der Waals surface area (Å²) in [6.07, 6.45) is 0.819. The lowest BCUT2D eigenvalue weighted by Crippen LogP contribution is -2.02. The normalized spacial score (nSPS) is 12.2. The van der Waals surface area contributed by atoms with Crippen LogP contribution >= 0.6 is 11.6 Å². The standard InChI is InChI=1S/C18H21ClO/c1-4-20-18-8-6-5-7-16(18)17(19)12-15-11-13(2)9-10-14(15)3/h5-11,17H,4,12H2,1-3H3. The highest BCUT2D eigenvalue weighted by atomic mass is 35.5. The van der Waals surface area contributed by atoms with E-state index in [1.807, 2.05) is 31.2 Å². The van der Waals surface area contributed by atoms with Gasteiger partial charge in [0, 0.05) is 5.56 Å². The Kier molecular flexibility index (Phi) is 5.08. The monoisotopic (exact) mass is 288 g/mol. The Morgan fingerprint density at radius 1 is 1.10 bits per heavy atom. The Labute approximate surface area is 126 Å². The Bertz CT molecular complexity index is 577. The molecule has 0 bridgehead atoms. The van der Waals surface area contributed by atoms with Crippen molar-refractivity contribution in [2.24, 2.45) is 0 Å². The number of alkyl halides is 1. The SMILES string of the molecule is CCOc1ccccc1C(Cl)Cc1cc(C)ccc1C. The van der Waals surface area contributed by atoms with Crippen molar-refractivity contribution in [3.05, 3.63) is 64.7 Å². The second-order valence-corrected chi connectivity index (χ2v) is 5.60. The van der Waals surface area contributed by atoms with Gasteiger partial charge in [-0.05, 0) is 44.4 Å². The van der Waals surface area contributed by atoms with Gasteiger partial charge in [-0.25, -0.2) is 0 Å². The number of hydrogen-bond donors (Lipinski definition) is 0. The van der Waals surface area contributed by atoms with E-state index in [9.17, 15) is 0 Å². The summed E-state index contributed by atoms with van der Waals surface area (Å²) in [5.74, 6) is 0.889.